The van der Waals surface area contributed by atoms with Crippen molar-refractivity contribution in [2.45, 2.75) is 11.1 Å². The molecule has 1 N–H and O–H groups in total. The van der Waals surface area contributed by atoms with E-state index >= 15 is 0 Å². The van der Waals surface area contributed by atoms with Crippen molar-refractivity contribution in [3.05, 3.63) is 12.4 Å². The molecule has 9 heteroatoms. The molecule has 0 unspecified atom stereocenters. The fraction of sp³-hybridized carbons (Fsp3) is 0.500. The summed E-state index contributed by atoms with van der Waals surface area (Å²) in [6, 6.07) is 0. The minimum absolute atomic E-state index is 0.220. The Hall–Kier alpha value is -1.09. The second-order valence-electron chi connectivity index (χ2n) is 2.81. The number of rotatable bonds is 3. The van der Waals surface area contributed by atoms with Gasteiger partial charge < -0.3 is 0 Å². The minimum Gasteiger partial charge on any atom is -0.284 e. The summed E-state index contributed by atoms with van der Waals surface area (Å²) in [6.07, 6.45) is -2.60. The van der Waals surface area contributed by atoms with Gasteiger partial charge in [-0.3, -0.25) is 5.10 Å². The number of hydrogen-bond acceptors (Lipinski definition) is 3. The van der Waals surface area contributed by atoms with E-state index in [-0.39, 0.29) is 9.20 Å². The third-order valence-corrected chi connectivity index (χ3v) is 3.35. The Bertz CT molecular complexity index is 411. The van der Waals surface area contributed by atoms with Crippen molar-refractivity contribution in [3.63, 3.8) is 0 Å². The normalized spacial score (nSPS) is 13.4. The summed E-state index contributed by atoms with van der Waals surface area (Å²) in [5.41, 5.74) is 0. The maximum absolute atomic E-state index is 11.9. The van der Waals surface area contributed by atoms with E-state index in [1.54, 1.807) is 0 Å². The van der Waals surface area contributed by atoms with Gasteiger partial charge in [0, 0.05) is 13.2 Å². The van der Waals surface area contributed by atoms with E-state index in [0.29, 0.717) is 0 Å². The average Bonchev–Trinajstić information content (AvgIpc) is 2.52. The Balaban J connectivity index is 2.89. The number of nitrogens with one attached hydrogen (secondary N) is 1. The molecule has 0 amide bonds. The maximum atomic E-state index is 11.9. The number of H-pyrrole nitrogens is 1. The first-order valence-electron chi connectivity index (χ1n) is 3.75. The van der Waals surface area contributed by atoms with Crippen LogP contribution in [-0.2, 0) is 10.0 Å². The van der Waals surface area contributed by atoms with Crippen molar-refractivity contribution >= 4 is 10.0 Å². The van der Waals surface area contributed by atoms with Crippen molar-refractivity contribution in [3.8, 4) is 0 Å². The van der Waals surface area contributed by atoms with Gasteiger partial charge >= 0.3 is 6.18 Å². The first-order valence-corrected chi connectivity index (χ1v) is 5.19. The molecule has 1 heterocycles. The summed E-state index contributed by atoms with van der Waals surface area (Å²) in [7, 11) is -3.25. The first kappa shape index (κ1) is 12.0. The fourth-order valence-corrected chi connectivity index (χ4v) is 1.96. The Labute approximate surface area is 83.9 Å². The number of aromatic amines is 1. The van der Waals surface area contributed by atoms with Crippen LogP contribution < -0.4 is 0 Å². The summed E-state index contributed by atoms with van der Waals surface area (Å²) < 4.78 is 58.9. The molecule has 1 aromatic heterocycles. The van der Waals surface area contributed by atoms with Crippen molar-refractivity contribution < 1.29 is 21.6 Å². The molecule has 1 aromatic rings. The van der Waals surface area contributed by atoms with Crippen molar-refractivity contribution in [2.24, 2.45) is 0 Å². The van der Waals surface area contributed by atoms with Gasteiger partial charge in [-0.1, -0.05) is 0 Å². The third kappa shape index (κ3) is 2.93. The van der Waals surface area contributed by atoms with E-state index in [0.717, 1.165) is 19.4 Å². The lowest BCUT2D eigenvalue weighted by Crippen LogP contribution is -2.35. The molecule has 0 aliphatic heterocycles. The SMILES string of the molecule is CN(CC(F)(F)F)S(=O)(=O)c1cn[nH]c1. The fourth-order valence-electron chi connectivity index (χ4n) is 0.898. The maximum Gasteiger partial charge on any atom is 0.402 e. The molecule has 0 radical (unpaired) electrons. The van der Waals surface area contributed by atoms with Crippen LogP contribution >= 0.6 is 0 Å². The van der Waals surface area contributed by atoms with Gasteiger partial charge in [0.25, 0.3) is 0 Å². The Kier molecular flexibility index (Phi) is 3.05. The van der Waals surface area contributed by atoms with Gasteiger partial charge in [-0.15, -0.1) is 0 Å². The second kappa shape index (κ2) is 3.81. The highest BCUT2D eigenvalue weighted by Crippen LogP contribution is 2.20. The summed E-state index contributed by atoms with van der Waals surface area (Å²) in [5, 5.41) is 5.57. The van der Waals surface area contributed by atoms with Gasteiger partial charge in [0.15, 0.2) is 0 Å². The number of aromatic nitrogens is 2. The second-order valence-corrected chi connectivity index (χ2v) is 4.86. The number of nitrogens with zero attached hydrogens (tertiary/aromatic N) is 2. The summed E-state index contributed by atoms with van der Waals surface area (Å²) in [6.45, 7) is -1.53. The van der Waals surface area contributed by atoms with Gasteiger partial charge in [-0.05, 0) is 0 Å². The highest BCUT2D eigenvalue weighted by Gasteiger charge is 2.35. The van der Waals surface area contributed by atoms with Crippen LogP contribution in [0.2, 0.25) is 0 Å². The van der Waals surface area contributed by atoms with Crippen LogP contribution in [-0.4, -0.2) is 42.7 Å². The van der Waals surface area contributed by atoms with E-state index in [1.807, 2.05) is 0 Å². The van der Waals surface area contributed by atoms with Crippen molar-refractivity contribution in [2.75, 3.05) is 13.6 Å². The number of sulfonamides is 1. The number of hydrogen-bond donors (Lipinski definition) is 1. The van der Waals surface area contributed by atoms with Crippen LogP contribution in [0.3, 0.4) is 0 Å². The highest BCUT2D eigenvalue weighted by atomic mass is 32.2. The Morgan fingerprint density at radius 2 is 2.13 bits per heavy atom. The third-order valence-electron chi connectivity index (χ3n) is 1.58. The van der Waals surface area contributed by atoms with E-state index in [9.17, 15) is 21.6 Å². The van der Waals surface area contributed by atoms with Crippen LogP contribution in [0.1, 0.15) is 0 Å². The van der Waals surface area contributed by atoms with Crippen molar-refractivity contribution in [1.82, 2.24) is 14.5 Å². The largest absolute Gasteiger partial charge is 0.402 e. The quantitative estimate of drug-likeness (QED) is 0.845. The van der Waals surface area contributed by atoms with Gasteiger partial charge in [-0.2, -0.15) is 22.6 Å². The predicted molar refractivity (Wildman–Crippen MR) is 44.5 cm³/mol. The smallest absolute Gasteiger partial charge is 0.284 e. The molecule has 0 saturated carbocycles. The van der Waals surface area contributed by atoms with E-state index in [2.05, 4.69) is 10.2 Å². The first-order chi connectivity index (χ1) is 6.73. The molecule has 0 saturated heterocycles. The molecule has 0 aliphatic carbocycles. The number of alkyl halides is 3. The zero-order chi connectivity index (χ0) is 11.7. The zero-order valence-electron chi connectivity index (χ0n) is 7.61. The van der Waals surface area contributed by atoms with Gasteiger partial charge in [0.05, 0.1) is 6.20 Å². The van der Waals surface area contributed by atoms with E-state index in [4.69, 9.17) is 0 Å². The van der Waals surface area contributed by atoms with Crippen LogP contribution in [0, 0.1) is 0 Å². The van der Waals surface area contributed by atoms with Crippen LogP contribution in [0.15, 0.2) is 17.3 Å². The topological polar surface area (TPSA) is 66.1 Å². The molecule has 0 aromatic carbocycles. The molecule has 0 bridgehead atoms. The summed E-state index contributed by atoms with van der Waals surface area (Å²) in [4.78, 5) is -0.297. The molecular formula is C6H8F3N3O2S. The van der Waals surface area contributed by atoms with E-state index < -0.39 is 22.7 Å². The summed E-state index contributed by atoms with van der Waals surface area (Å²) >= 11 is 0. The average molecular weight is 243 g/mol. The predicted octanol–water partition coefficient (Wildman–Crippen LogP) is 0.593. The minimum atomic E-state index is -4.56. The van der Waals surface area contributed by atoms with Crippen molar-refractivity contribution in [1.29, 1.82) is 0 Å². The molecule has 86 valence electrons. The molecule has 0 fully saturated rings. The molecule has 15 heavy (non-hydrogen) atoms. The molecule has 5 nitrogen and oxygen atoms in total. The summed E-state index contributed by atoms with van der Waals surface area (Å²) in [5.74, 6) is 0. The Morgan fingerprint density at radius 1 is 1.53 bits per heavy atom. The zero-order valence-corrected chi connectivity index (χ0v) is 8.43. The number of halogens is 3. The molecule has 0 spiro atoms. The lowest BCUT2D eigenvalue weighted by molar-refractivity contribution is -0.134. The van der Waals surface area contributed by atoms with Gasteiger partial charge in [0.2, 0.25) is 10.0 Å². The monoisotopic (exact) mass is 243 g/mol. The Morgan fingerprint density at radius 3 is 2.53 bits per heavy atom. The van der Waals surface area contributed by atoms with Gasteiger partial charge in [-0.25, -0.2) is 8.42 Å². The van der Waals surface area contributed by atoms with Crippen LogP contribution in [0.25, 0.3) is 0 Å². The molecule has 0 atom stereocenters. The highest BCUT2D eigenvalue weighted by molar-refractivity contribution is 7.89. The molecule has 0 aliphatic rings. The lowest BCUT2D eigenvalue weighted by Gasteiger charge is -2.17. The van der Waals surface area contributed by atoms with Crippen LogP contribution in [0.4, 0.5) is 13.2 Å². The molecular weight excluding hydrogens is 235 g/mol. The molecule has 1 rings (SSSR count). The lowest BCUT2D eigenvalue weighted by atomic mass is 10.6. The van der Waals surface area contributed by atoms with Crippen LogP contribution in [0.5, 0.6) is 0 Å². The standard InChI is InChI=1S/C6H8F3N3O2S/c1-12(4-6(7,8)9)15(13,14)5-2-10-11-3-5/h2-3H,4H2,1H3,(H,10,11). The van der Waals surface area contributed by atoms with E-state index in [1.165, 1.54) is 0 Å². The van der Waals surface area contributed by atoms with Gasteiger partial charge in [0.1, 0.15) is 11.4 Å².